The first-order valence-corrected chi connectivity index (χ1v) is 33.5. The third-order valence-corrected chi connectivity index (χ3v) is 18.7. The van der Waals surface area contributed by atoms with Crippen LogP contribution in [0.2, 0.25) is 0 Å². The van der Waals surface area contributed by atoms with Crippen LogP contribution in [0.4, 0.5) is 0 Å². The molecule has 15 rings (SSSR count). The van der Waals surface area contributed by atoms with Gasteiger partial charge in [0.05, 0.1) is 118 Å². The van der Waals surface area contributed by atoms with Crippen molar-refractivity contribution < 1.29 is 105 Å². The number of quaternary nitrogens is 4. The lowest BCUT2D eigenvalue weighted by atomic mass is 9.93. The van der Waals surface area contributed by atoms with Crippen molar-refractivity contribution in [1.29, 1.82) is 0 Å². The van der Waals surface area contributed by atoms with Gasteiger partial charge in [-0.3, -0.25) is 0 Å². The molecule has 13 aromatic rings. The first-order valence-electron chi connectivity index (χ1n) is 33.5. The van der Waals surface area contributed by atoms with E-state index in [1.165, 1.54) is 0 Å². The molecule has 16 heteroatoms. The highest BCUT2D eigenvalue weighted by Gasteiger charge is 2.29. The van der Waals surface area contributed by atoms with Gasteiger partial charge in [-0.05, 0) is 139 Å². The van der Waals surface area contributed by atoms with Gasteiger partial charge in [0.25, 0.3) is 0 Å². The van der Waals surface area contributed by atoms with Gasteiger partial charge in [-0.15, -0.1) is 0 Å². The Morgan fingerprint density at radius 1 is 0.290 bits per heavy atom. The maximum absolute atomic E-state index is 6.86. The molecule has 0 saturated heterocycles. The molecule has 0 fully saturated rings. The Bertz CT molecular complexity index is 5050. The quantitative estimate of drug-likeness (QED) is 0.109. The highest BCUT2D eigenvalue weighted by molar-refractivity contribution is 6.21. The van der Waals surface area contributed by atoms with Crippen molar-refractivity contribution >= 4 is 86.7 Å². The van der Waals surface area contributed by atoms with Gasteiger partial charge in [0, 0.05) is 78.1 Å². The summed E-state index contributed by atoms with van der Waals surface area (Å²) in [5, 5.41) is 13.2. The van der Waals surface area contributed by atoms with E-state index in [-0.39, 0.29) is 67.9 Å². The monoisotopic (exact) mass is 1590 g/mol. The maximum atomic E-state index is 6.86. The zero-order chi connectivity index (χ0) is 66.4. The van der Waals surface area contributed by atoms with Crippen molar-refractivity contribution in [3.63, 3.8) is 0 Å². The predicted octanol–water partition coefficient (Wildman–Crippen LogP) is 5.59. The number of nitrogens with zero attached hydrogens (tertiary/aromatic N) is 6. The third kappa shape index (κ3) is 15.2. The Morgan fingerprint density at radius 2 is 0.540 bits per heavy atom. The van der Waals surface area contributed by atoms with Gasteiger partial charge < -0.3 is 115 Å². The van der Waals surface area contributed by atoms with Crippen molar-refractivity contribution in [2.24, 2.45) is 0 Å². The SMILES string of the molecule is C[N+](C)(C)CCOc1cc(OCC[N+](C)(C)C)cc(-c2c3nc(cc4[nH]c(c(-c5cc(OCC[N+](C)(C)C)cc(OCC[N+](C)(C)C)c5)c5nc(cc6[nH]c2c2cc7ccccc7cc62)-c2cc6ccccc6cc2-5)c2cc5ccccc5cc42)-c2cc4ccccc4cc2-3)c1.[Br-].[Br-].[Br-].[Br-]. The number of rotatable bonds is 18. The number of aromatic nitrogens is 4. The van der Waals surface area contributed by atoms with Gasteiger partial charge >= 0.3 is 0 Å². The van der Waals surface area contributed by atoms with Gasteiger partial charge in [-0.2, -0.15) is 0 Å². The van der Waals surface area contributed by atoms with Crippen LogP contribution in [0.5, 0.6) is 23.0 Å². The van der Waals surface area contributed by atoms with Crippen LogP contribution in [0.15, 0.2) is 194 Å². The maximum Gasteiger partial charge on any atom is 0.137 e. The smallest absolute Gasteiger partial charge is 0.137 e. The molecule has 2 N–H and O–H groups in total. The summed E-state index contributed by atoms with van der Waals surface area (Å²) in [6.45, 7) is 5.29. The van der Waals surface area contributed by atoms with Crippen LogP contribution in [0.1, 0.15) is 0 Å². The van der Waals surface area contributed by atoms with E-state index in [0.717, 1.165) is 221 Å². The van der Waals surface area contributed by atoms with Gasteiger partial charge in [0.1, 0.15) is 75.6 Å². The van der Waals surface area contributed by atoms with Crippen LogP contribution in [-0.2, 0) is 0 Å². The van der Waals surface area contributed by atoms with E-state index in [9.17, 15) is 0 Å². The third-order valence-electron chi connectivity index (χ3n) is 18.7. The fraction of sp³-hybridized carbons (Fsp3) is 0.238. The highest BCUT2D eigenvalue weighted by Crippen LogP contribution is 2.51. The summed E-state index contributed by atoms with van der Waals surface area (Å²) >= 11 is 0. The molecule has 100 heavy (non-hydrogen) atoms. The van der Waals surface area contributed by atoms with Crippen LogP contribution < -0.4 is 86.9 Å². The summed E-state index contributed by atoms with van der Waals surface area (Å²) in [6, 6.07) is 70.8. The largest absolute Gasteiger partial charge is 1.00 e. The summed E-state index contributed by atoms with van der Waals surface area (Å²) in [4.78, 5) is 20.5. The van der Waals surface area contributed by atoms with E-state index in [0.29, 0.717) is 26.4 Å². The molecule has 0 saturated carbocycles. The Morgan fingerprint density at radius 3 is 0.810 bits per heavy atom. The Hall–Kier alpha value is -8.16. The van der Waals surface area contributed by atoms with Crippen molar-refractivity contribution in [1.82, 2.24) is 19.9 Å². The molecular formula is C84H86Br4N8O4. The molecule has 3 aromatic heterocycles. The Kier molecular flexibility index (Phi) is 21.0. The molecule has 10 aromatic carbocycles. The molecule has 0 unspecified atom stereocenters. The second kappa shape index (κ2) is 28.7. The highest BCUT2D eigenvalue weighted by atomic mass is 79.9. The van der Waals surface area contributed by atoms with E-state index in [1.807, 2.05) is 0 Å². The predicted molar refractivity (Wildman–Crippen MR) is 399 cm³/mol. The molecule has 0 radical (unpaired) electrons. The van der Waals surface area contributed by atoms with E-state index >= 15 is 0 Å². The zero-order valence-corrected chi connectivity index (χ0v) is 65.3. The summed E-state index contributed by atoms with van der Waals surface area (Å²) in [7, 11) is 26.4. The molecule has 0 aliphatic carbocycles. The van der Waals surface area contributed by atoms with Crippen LogP contribution in [0.25, 0.3) is 154 Å². The normalized spacial score (nSPS) is 12.2. The fourth-order valence-corrected chi connectivity index (χ4v) is 13.5. The van der Waals surface area contributed by atoms with Crippen molar-refractivity contribution in [2.45, 2.75) is 0 Å². The number of likely N-dealkylation sites (N-methyl/N-ethyl adjacent to an activating group) is 4. The van der Waals surface area contributed by atoms with Crippen molar-refractivity contribution in [3.05, 3.63) is 194 Å². The number of nitrogens with one attached hydrogen (secondary N) is 2. The molecule has 514 valence electrons. The number of aromatic amines is 2. The number of halogens is 4. The molecule has 2 aliphatic rings. The van der Waals surface area contributed by atoms with Crippen LogP contribution in [0.3, 0.4) is 0 Å². The van der Waals surface area contributed by atoms with Crippen LogP contribution in [-0.4, -0.2) is 175 Å². The minimum absolute atomic E-state index is 0. The molecular weight excluding hydrogens is 1500 g/mol. The lowest BCUT2D eigenvalue weighted by molar-refractivity contribution is -0.870. The number of fused-ring (bicyclic) bond motifs is 24. The number of benzene rings is 10. The lowest BCUT2D eigenvalue weighted by Gasteiger charge is -2.24. The summed E-state index contributed by atoms with van der Waals surface area (Å²) < 4.78 is 30.5. The number of hydrogen-bond donors (Lipinski definition) is 2. The topological polar surface area (TPSA) is 94.3 Å². The molecule has 8 bridgehead atoms. The first-order chi connectivity index (χ1) is 46.0. The van der Waals surface area contributed by atoms with Crippen LogP contribution >= 0.6 is 0 Å². The number of ether oxygens (including phenoxy) is 4. The minimum atomic E-state index is 0. The van der Waals surface area contributed by atoms with Crippen LogP contribution in [0, 0.1) is 0 Å². The van der Waals surface area contributed by atoms with E-state index in [2.05, 4.69) is 289 Å². The molecule has 0 spiro atoms. The fourth-order valence-electron chi connectivity index (χ4n) is 13.5. The standard InChI is InChI=1S/C84H86N8O4.4BrH/c1-89(2,3)29-33-93-63-37-61(38-64(49-63)94-34-30-90(4,5)6)79-81-71-45-57-25-17-13-21-53(57)41-67(71)75(85-81)51-77-69-43-55-23-15-19-27-59(55)47-73(69)83(87-77)80(62-39-65(95-35-31-91(7,8)9)50-66(40-62)96-36-32-92(10,11)12)84-74-48-60-28-20-16-24-56(60)44-70(74)78(88-84)52-76-68-42-54-22-14-18-26-58(54)46-72(68)82(79)86-76;;;;/h13-28,37-52,85,88H,29-36H2,1-12H3;4*1H/q+4;;;;/p-4. The number of H-pyrrole nitrogens is 2. The molecule has 2 aliphatic heterocycles. The summed E-state index contributed by atoms with van der Waals surface area (Å²) in [5.41, 5.74) is 14.7. The summed E-state index contributed by atoms with van der Waals surface area (Å²) in [5.74, 6) is 2.90. The van der Waals surface area contributed by atoms with Gasteiger partial charge in [-0.25, -0.2) is 9.97 Å². The zero-order valence-electron chi connectivity index (χ0n) is 59.0. The average Bonchev–Trinajstić information content (AvgIpc) is 1.56. The molecule has 0 amide bonds. The van der Waals surface area contributed by atoms with E-state index < -0.39 is 0 Å². The van der Waals surface area contributed by atoms with Gasteiger partial charge in [0.2, 0.25) is 0 Å². The molecule has 12 nitrogen and oxygen atoms in total. The van der Waals surface area contributed by atoms with Crippen molar-refractivity contribution in [3.8, 4) is 90.3 Å². The first kappa shape index (κ1) is 73.1. The second-order valence-corrected chi connectivity index (χ2v) is 30.4. The number of hydrogen-bond acceptors (Lipinski definition) is 6. The summed E-state index contributed by atoms with van der Waals surface area (Å²) in [6.07, 6.45) is 0. The van der Waals surface area contributed by atoms with E-state index in [4.69, 9.17) is 28.9 Å². The average molecular weight is 1590 g/mol. The second-order valence-electron chi connectivity index (χ2n) is 30.4. The Balaban J connectivity index is 0.00000252. The Labute approximate surface area is 628 Å². The lowest BCUT2D eigenvalue weighted by Crippen LogP contribution is -3.00. The minimum Gasteiger partial charge on any atom is -1.00 e. The van der Waals surface area contributed by atoms with Gasteiger partial charge in [-0.1, -0.05) is 97.1 Å². The molecule has 0 atom stereocenters. The van der Waals surface area contributed by atoms with Crippen molar-refractivity contribution in [2.75, 3.05) is 137 Å². The van der Waals surface area contributed by atoms with E-state index in [1.54, 1.807) is 0 Å². The van der Waals surface area contributed by atoms with Gasteiger partial charge in [0.15, 0.2) is 0 Å². The molecule has 5 heterocycles.